The molecular weight excluding hydrogens is 402 g/mol. The van der Waals surface area contributed by atoms with E-state index in [9.17, 15) is 14.4 Å². The first-order valence-electron chi connectivity index (χ1n) is 9.15. The zero-order chi connectivity index (χ0) is 21.3. The number of aryl methyl sites for hydroxylation is 1. The molecule has 150 valence electrons. The van der Waals surface area contributed by atoms with Gasteiger partial charge in [-0.1, -0.05) is 42.0 Å². The summed E-state index contributed by atoms with van der Waals surface area (Å²) in [4.78, 5) is 37.7. The van der Waals surface area contributed by atoms with Crippen LogP contribution in [0.3, 0.4) is 0 Å². The quantitative estimate of drug-likeness (QED) is 0.573. The topological polar surface area (TPSA) is 87.8 Å². The molecule has 7 heteroatoms. The van der Waals surface area contributed by atoms with E-state index in [1.165, 1.54) is 23.1 Å². The number of carbonyl (C=O) groups is 3. The van der Waals surface area contributed by atoms with E-state index in [1.54, 1.807) is 24.3 Å². The maximum Gasteiger partial charge on any atom is 0.335 e. The third-order valence-corrected chi connectivity index (χ3v) is 5.50. The van der Waals surface area contributed by atoms with Gasteiger partial charge in [0.25, 0.3) is 11.1 Å². The lowest BCUT2D eigenvalue weighted by molar-refractivity contribution is -0.123. The second-order valence-corrected chi connectivity index (χ2v) is 7.84. The molecule has 2 heterocycles. The number of aromatic carboxylic acids is 1. The van der Waals surface area contributed by atoms with Crippen LogP contribution >= 0.6 is 11.8 Å². The Kier molecular flexibility index (Phi) is 5.29. The van der Waals surface area contributed by atoms with E-state index in [0.29, 0.717) is 17.1 Å². The number of amides is 2. The number of furan rings is 1. The lowest BCUT2D eigenvalue weighted by Gasteiger charge is -2.12. The molecular formula is C23H17NO5S. The predicted octanol–water partition coefficient (Wildman–Crippen LogP) is 5.19. The Morgan fingerprint density at radius 3 is 2.67 bits per heavy atom. The first-order chi connectivity index (χ1) is 14.4. The lowest BCUT2D eigenvalue weighted by Crippen LogP contribution is -2.27. The molecule has 4 rings (SSSR count). The minimum absolute atomic E-state index is 0.155. The van der Waals surface area contributed by atoms with Crippen molar-refractivity contribution in [1.82, 2.24) is 4.90 Å². The Labute approximate surface area is 176 Å². The first kappa shape index (κ1) is 19.7. The highest BCUT2D eigenvalue weighted by Crippen LogP contribution is 2.34. The van der Waals surface area contributed by atoms with Gasteiger partial charge in [0.05, 0.1) is 17.0 Å². The highest BCUT2D eigenvalue weighted by molar-refractivity contribution is 8.18. The summed E-state index contributed by atoms with van der Waals surface area (Å²) < 4.78 is 5.75. The van der Waals surface area contributed by atoms with Crippen LogP contribution < -0.4 is 0 Å². The minimum atomic E-state index is -1.02. The molecule has 6 nitrogen and oxygen atoms in total. The predicted molar refractivity (Wildman–Crippen MR) is 114 cm³/mol. The molecule has 1 aliphatic heterocycles. The summed E-state index contributed by atoms with van der Waals surface area (Å²) in [7, 11) is 0. The van der Waals surface area contributed by atoms with Crippen molar-refractivity contribution in [1.29, 1.82) is 0 Å². The largest absolute Gasteiger partial charge is 0.478 e. The van der Waals surface area contributed by atoms with Crippen LogP contribution in [0.2, 0.25) is 0 Å². The van der Waals surface area contributed by atoms with Crippen molar-refractivity contribution in [3.63, 3.8) is 0 Å². The van der Waals surface area contributed by atoms with Gasteiger partial charge in [-0.25, -0.2) is 4.79 Å². The van der Waals surface area contributed by atoms with Crippen LogP contribution in [0.5, 0.6) is 0 Å². The average Bonchev–Trinajstić information content (AvgIpc) is 3.29. The summed E-state index contributed by atoms with van der Waals surface area (Å²) >= 11 is 0.872. The third-order valence-electron chi connectivity index (χ3n) is 4.59. The number of hydrogen-bond donors (Lipinski definition) is 1. The fourth-order valence-corrected chi connectivity index (χ4v) is 3.97. The standard InChI is InChI=1S/C23H17NO5S/c1-14-4-2-5-15(10-14)13-24-21(25)20(30-23(24)28)12-18-8-9-19(29-18)16-6-3-7-17(11-16)22(26)27/h2-12H,13H2,1H3,(H,26,27)/b20-12-. The molecule has 0 radical (unpaired) electrons. The van der Waals surface area contributed by atoms with Crippen molar-refractivity contribution in [2.45, 2.75) is 13.5 Å². The molecule has 0 spiro atoms. The van der Waals surface area contributed by atoms with Crippen molar-refractivity contribution in [3.05, 3.63) is 88.0 Å². The summed E-state index contributed by atoms with van der Waals surface area (Å²) in [6.45, 7) is 2.17. The number of thioether (sulfide) groups is 1. The minimum Gasteiger partial charge on any atom is -0.478 e. The van der Waals surface area contributed by atoms with E-state index in [0.717, 1.165) is 22.9 Å². The highest BCUT2D eigenvalue weighted by atomic mass is 32.2. The zero-order valence-electron chi connectivity index (χ0n) is 16.0. The smallest absolute Gasteiger partial charge is 0.335 e. The summed E-state index contributed by atoms with van der Waals surface area (Å²) in [5.74, 6) is -0.502. The molecule has 1 saturated heterocycles. The molecule has 0 bridgehead atoms. The molecule has 0 atom stereocenters. The van der Waals surface area contributed by atoms with Gasteiger partial charge in [0.2, 0.25) is 0 Å². The van der Waals surface area contributed by atoms with Crippen LogP contribution in [0, 0.1) is 6.92 Å². The fourth-order valence-electron chi connectivity index (χ4n) is 3.15. The van der Waals surface area contributed by atoms with Gasteiger partial charge in [0, 0.05) is 11.6 Å². The number of nitrogens with zero attached hydrogens (tertiary/aromatic N) is 1. The van der Waals surface area contributed by atoms with Crippen molar-refractivity contribution in [2.24, 2.45) is 0 Å². The first-order valence-corrected chi connectivity index (χ1v) is 9.97. The molecule has 0 unspecified atom stereocenters. The molecule has 2 aromatic carbocycles. The van der Waals surface area contributed by atoms with Crippen LogP contribution in [0.1, 0.15) is 27.2 Å². The van der Waals surface area contributed by atoms with Gasteiger partial charge in [0.1, 0.15) is 11.5 Å². The van der Waals surface area contributed by atoms with Crippen molar-refractivity contribution >= 4 is 35.0 Å². The summed E-state index contributed by atoms with van der Waals surface area (Å²) in [6.07, 6.45) is 1.53. The summed E-state index contributed by atoms with van der Waals surface area (Å²) in [6, 6.07) is 17.4. The van der Waals surface area contributed by atoms with Crippen molar-refractivity contribution in [2.75, 3.05) is 0 Å². The average molecular weight is 419 g/mol. The van der Waals surface area contributed by atoms with E-state index < -0.39 is 5.97 Å². The second kappa shape index (κ2) is 8.04. The van der Waals surface area contributed by atoms with E-state index in [1.807, 2.05) is 31.2 Å². The number of hydrogen-bond acceptors (Lipinski definition) is 5. The normalized spacial score (nSPS) is 15.2. The lowest BCUT2D eigenvalue weighted by atomic mass is 10.1. The summed E-state index contributed by atoms with van der Waals surface area (Å²) in [5, 5.41) is 8.81. The fraction of sp³-hybridized carbons (Fsp3) is 0.0870. The zero-order valence-corrected chi connectivity index (χ0v) is 16.8. The molecule has 0 saturated carbocycles. The maximum atomic E-state index is 12.7. The number of rotatable bonds is 5. The van der Waals surface area contributed by atoms with E-state index in [-0.39, 0.29) is 28.2 Å². The molecule has 3 aromatic rings. The van der Waals surface area contributed by atoms with Gasteiger partial charge in [-0.2, -0.15) is 0 Å². The van der Waals surface area contributed by atoms with Crippen LogP contribution in [-0.4, -0.2) is 27.1 Å². The van der Waals surface area contributed by atoms with Gasteiger partial charge in [-0.05, 0) is 48.5 Å². The van der Waals surface area contributed by atoms with E-state index in [4.69, 9.17) is 9.52 Å². The van der Waals surface area contributed by atoms with Gasteiger partial charge >= 0.3 is 5.97 Å². The van der Waals surface area contributed by atoms with E-state index in [2.05, 4.69) is 0 Å². The Hall–Kier alpha value is -3.58. The third kappa shape index (κ3) is 4.06. The molecule has 1 N–H and O–H groups in total. The monoisotopic (exact) mass is 419 g/mol. The summed E-state index contributed by atoms with van der Waals surface area (Å²) in [5.41, 5.74) is 2.71. The number of imide groups is 1. The number of carboxylic acids is 1. The van der Waals surface area contributed by atoms with Gasteiger partial charge in [-0.3, -0.25) is 14.5 Å². The van der Waals surface area contributed by atoms with Crippen molar-refractivity contribution < 1.29 is 23.9 Å². The molecule has 1 fully saturated rings. The van der Waals surface area contributed by atoms with Crippen molar-refractivity contribution in [3.8, 4) is 11.3 Å². The van der Waals surface area contributed by atoms with E-state index >= 15 is 0 Å². The Morgan fingerprint density at radius 1 is 1.10 bits per heavy atom. The number of benzene rings is 2. The Balaban J connectivity index is 1.54. The molecule has 30 heavy (non-hydrogen) atoms. The Bertz CT molecular complexity index is 1190. The second-order valence-electron chi connectivity index (χ2n) is 6.84. The Morgan fingerprint density at radius 2 is 1.90 bits per heavy atom. The SMILES string of the molecule is Cc1cccc(CN2C(=O)S/C(=C\c3ccc(-c4cccc(C(=O)O)c4)o3)C2=O)c1. The number of carboxylic acid groups (broad SMARTS) is 1. The van der Waals surface area contributed by atoms with Gasteiger partial charge < -0.3 is 9.52 Å². The van der Waals surface area contributed by atoms with Gasteiger partial charge in [-0.15, -0.1) is 0 Å². The highest BCUT2D eigenvalue weighted by Gasteiger charge is 2.35. The molecule has 2 amide bonds. The van der Waals surface area contributed by atoms with Crippen LogP contribution in [0.4, 0.5) is 4.79 Å². The number of carbonyl (C=O) groups excluding carboxylic acids is 2. The van der Waals surface area contributed by atoms with Crippen LogP contribution in [0.15, 0.2) is 70.0 Å². The maximum absolute atomic E-state index is 12.7. The molecule has 0 aliphatic carbocycles. The molecule has 1 aliphatic rings. The van der Waals surface area contributed by atoms with Crippen LogP contribution in [-0.2, 0) is 11.3 Å². The molecule has 1 aromatic heterocycles. The van der Waals surface area contributed by atoms with Gasteiger partial charge in [0.15, 0.2) is 0 Å². The van der Waals surface area contributed by atoms with Crippen LogP contribution in [0.25, 0.3) is 17.4 Å².